The van der Waals surface area contributed by atoms with E-state index in [4.69, 9.17) is 5.73 Å². The summed E-state index contributed by atoms with van der Waals surface area (Å²) in [6, 6.07) is 6.43. The first-order valence-electron chi connectivity index (χ1n) is 7.64. The van der Waals surface area contributed by atoms with Gasteiger partial charge in [0.15, 0.2) is 0 Å². The fraction of sp³-hybridized carbons (Fsp3) is 0.444. The molecule has 1 aliphatic carbocycles. The minimum atomic E-state index is -0.816. The van der Waals surface area contributed by atoms with E-state index in [2.05, 4.69) is 41.2 Å². The molecule has 1 fully saturated rings. The molecule has 2 amide bonds. The topological polar surface area (TPSA) is 72.2 Å². The molecule has 124 valence electrons. The molecule has 1 saturated carbocycles. The second-order valence-electron chi connectivity index (χ2n) is 6.97. The molecule has 0 spiro atoms. The molecule has 1 aliphatic rings. The van der Waals surface area contributed by atoms with E-state index in [1.807, 2.05) is 26.0 Å². The Kier molecular flexibility index (Phi) is 4.99. The molecular formula is C18H23BrN2O2. The lowest BCUT2D eigenvalue weighted by atomic mass is 10.0. The van der Waals surface area contributed by atoms with Gasteiger partial charge in [-0.15, -0.1) is 0 Å². The third kappa shape index (κ3) is 3.83. The Balaban J connectivity index is 2.17. The van der Waals surface area contributed by atoms with Gasteiger partial charge in [-0.2, -0.15) is 0 Å². The molecule has 2 rings (SSSR count). The standard InChI is InChI=1S/C18H23BrN2O2/c1-10(2)8-13-14(18(13,3)4)17(23)21-15(16(20)22)11-6-5-7-12(19)9-11/h5-9,13-15H,1-4H3,(H2,20,22)(H,21,23)/t13-,14-,15+/m1/s1. The third-order valence-electron chi connectivity index (χ3n) is 4.46. The number of hydrogen-bond donors (Lipinski definition) is 2. The molecule has 0 aromatic heterocycles. The summed E-state index contributed by atoms with van der Waals surface area (Å²) < 4.78 is 0.838. The smallest absolute Gasteiger partial charge is 0.244 e. The fourth-order valence-corrected chi connectivity index (χ4v) is 3.50. The van der Waals surface area contributed by atoms with Crippen LogP contribution in [0.15, 0.2) is 40.4 Å². The number of benzene rings is 1. The lowest BCUT2D eigenvalue weighted by Gasteiger charge is -2.16. The van der Waals surface area contributed by atoms with Gasteiger partial charge in [0.1, 0.15) is 6.04 Å². The highest BCUT2D eigenvalue weighted by atomic mass is 79.9. The Morgan fingerprint density at radius 1 is 1.35 bits per heavy atom. The first kappa shape index (κ1) is 17.7. The van der Waals surface area contributed by atoms with Crippen LogP contribution in [0.3, 0.4) is 0 Å². The molecular weight excluding hydrogens is 356 g/mol. The number of amides is 2. The summed E-state index contributed by atoms with van der Waals surface area (Å²) in [5, 5.41) is 2.82. The van der Waals surface area contributed by atoms with Gasteiger partial charge in [0.25, 0.3) is 0 Å². The summed E-state index contributed by atoms with van der Waals surface area (Å²) in [6.45, 7) is 8.19. The number of hydrogen-bond acceptors (Lipinski definition) is 2. The van der Waals surface area contributed by atoms with Gasteiger partial charge in [-0.1, -0.05) is 53.6 Å². The monoisotopic (exact) mass is 378 g/mol. The molecule has 23 heavy (non-hydrogen) atoms. The normalized spacial score (nSPS) is 22.8. The molecule has 3 N–H and O–H groups in total. The Hall–Kier alpha value is -1.62. The molecule has 0 saturated heterocycles. The van der Waals surface area contributed by atoms with Crippen molar-refractivity contribution in [3.05, 3.63) is 46.0 Å². The van der Waals surface area contributed by atoms with E-state index in [-0.39, 0.29) is 23.2 Å². The number of halogens is 1. The van der Waals surface area contributed by atoms with Crippen LogP contribution in [0, 0.1) is 17.3 Å². The Morgan fingerprint density at radius 3 is 2.52 bits per heavy atom. The number of nitrogens with two attached hydrogens (primary N) is 1. The van der Waals surface area contributed by atoms with Crippen LogP contribution in [-0.4, -0.2) is 11.8 Å². The number of nitrogens with one attached hydrogen (secondary N) is 1. The van der Waals surface area contributed by atoms with Crippen molar-refractivity contribution in [1.82, 2.24) is 5.32 Å². The minimum absolute atomic E-state index is 0.0964. The number of allylic oxidation sites excluding steroid dienone is 2. The Morgan fingerprint density at radius 2 is 2.00 bits per heavy atom. The number of carbonyl (C=O) groups is 2. The van der Waals surface area contributed by atoms with E-state index >= 15 is 0 Å². The first-order chi connectivity index (χ1) is 10.6. The Bertz CT molecular complexity index is 663. The van der Waals surface area contributed by atoms with Crippen LogP contribution in [0.2, 0.25) is 0 Å². The van der Waals surface area contributed by atoms with Crippen molar-refractivity contribution in [3.8, 4) is 0 Å². The van der Waals surface area contributed by atoms with Crippen molar-refractivity contribution in [2.45, 2.75) is 33.7 Å². The predicted octanol–water partition coefficient (Wildman–Crippen LogP) is 3.33. The van der Waals surface area contributed by atoms with Gasteiger partial charge < -0.3 is 11.1 Å². The summed E-state index contributed by atoms with van der Waals surface area (Å²) in [4.78, 5) is 24.4. The highest BCUT2D eigenvalue weighted by Crippen LogP contribution is 2.59. The van der Waals surface area contributed by atoms with Gasteiger partial charge in [0.05, 0.1) is 5.92 Å². The predicted molar refractivity (Wildman–Crippen MR) is 94.4 cm³/mol. The van der Waals surface area contributed by atoms with E-state index in [0.29, 0.717) is 5.56 Å². The maximum atomic E-state index is 12.6. The minimum Gasteiger partial charge on any atom is -0.368 e. The zero-order valence-electron chi connectivity index (χ0n) is 13.9. The largest absolute Gasteiger partial charge is 0.368 e. The quantitative estimate of drug-likeness (QED) is 0.771. The van der Waals surface area contributed by atoms with Gasteiger partial charge >= 0.3 is 0 Å². The van der Waals surface area contributed by atoms with Gasteiger partial charge in [-0.25, -0.2) is 0 Å². The maximum absolute atomic E-state index is 12.6. The molecule has 0 radical (unpaired) electrons. The summed E-state index contributed by atoms with van der Waals surface area (Å²) in [5.74, 6) is -0.620. The molecule has 1 aromatic carbocycles. The van der Waals surface area contributed by atoms with Crippen LogP contribution in [-0.2, 0) is 9.59 Å². The second kappa shape index (κ2) is 6.48. The van der Waals surface area contributed by atoms with Gasteiger partial charge in [0, 0.05) is 4.47 Å². The van der Waals surface area contributed by atoms with Gasteiger partial charge in [0.2, 0.25) is 11.8 Å². The highest BCUT2D eigenvalue weighted by Gasteiger charge is 2.60. The summed E-state index contributed by atoms with van der Waals surface area (Å²) in [6.07, 6.45) is 2.13. The number of primary amides is 1. The van der Waals surface area contributed by atoms with E-state index in [1.165, 1.54) is 5.57 Å². The first-order valence-corrected chi connectivity index (χ1v) is 8.44. The lowest BCUT2D eigenvalue weighted by Crippen LogP contribution is -2.39. The molecule has 3 atom stereocenters. The van der Waals surface area contributed by atoms with Crippen LogP contribution in [0.4, 0.5) is 0 Å². The van der Waals surface area contributed by atoms with Crippen molar-refractivity contribution in [1.29, 1.82) is 0 Å². The average Bonchev–Trinajstić information content (AvgIpc) is 2.95. The summed E-state index contributed by atoms with van der Waals surface area (Å²) in [5.41, 5.74) is 7.26. The van der Waals surface area contributed by atoms with Crippen molar-refractivity contribution in [3.63, 3.8) is 0 Å². The van der Waals surface area contributed by atoms with E-state index in [9.17, 15) is 9.59 Å². The number of carbonyl (C=O) groups excluding carboxylic acids is 2. The van der Waals surface area contributed by atoms with E-state index < -0.39 is 11.9 Å². The summed E-state index contributed by atoms with van der Waals surface area (Å²) in [7, 11) is 0. The van der Waals surface area contributed by atoms with E-state index in [1.54, 1.807) is 12.1 Å². The zero-order chi connectivity index (χ0) is 17.4. The second-order valence-corrected chi connectivity index (χ2v) is 7.88. The number of rotatable bonds is 5. The maximum Gasteiger partial charge on any atom is 0.244 e. The van der Waals surface area contributed by atoms with Crippen LogP contribution < -0.4 is 11.1 Å². The van der Waals surface area contributed by atoms with Gasteiger partial charge in [-0.3, -0.25) is 9.59 Å². The van der Waals surface area contributed by atoms with Crippen LogP contribution in [0.1, 0.15) is 39.3 Å². The summed E-state index contributed by atoms with van der Waals surface area (Å²) >= 11 is 3.37. The SMILES string of the molecule is CC(C)=C[C@@H]1[C@H](C(=O)N[C@H](C(N)=O)c2cccc(Br)c2)C1(C)C. The molecule has 5 heteroatoms. The molecule has 0 unspecified atom stereocenters. The molecule has 1 aromatic rings. The van der Waals surface area contributed by atoms with Gasteiger partial charge in [-0.05, 0) is 42.9 Å². The van der Waals surface area contributed by atoms with Crippen molar-refractivity contribution < 1.29 is 9.59 Å². The van der Waals surface area contributed by atoms with E-state index in [0.717, 1.165) is 4.47 Å². The highest BCUT2D eigenvalue weighted by molar-refractivity contribution is 9.10. The Labute approximate surface area is 145 Å². The zero-order valence-corrected chi connectivity index (χ0v) is 15.5. The molecule has 4 nitrogen and oxygen atoms in total. The third-order valence-corrected chi connectivity index (χ3v) is 4.95. The molecule has 0 heterocycles. The molecule has 0 bridgehead atoms. The lowest BCUT2D eigenvalue weighted by molar-refractivity contribution is -0.128. The average molecular weight is 379 g/mol. The van der Waals surface area contributed by atoms with Crippen LogP contribution in [0.25, 0.3) is 0 Å². The van der Waals surface area contributed by atoms with Crippen molar-refractivity contribution in [2.75, 3.05) is 0 Å². The molecule has 0 aliphatic heterocycles. The van der Waals surface area contributed by atoms with Crippen LogP contribution >= 0.6 is 15.9 Å². The van der Waals surface area contributed by atoms with Crippen molar-refractivity contribution in [2.24, 2.45) is 23.0 Å². The fourth-order valence-electron chi connectivity index (χ4n) is 3.09. The van der Waals surface area contributed by atoms with Crippen molar-refractivity contribution >= 4 is 27.7 Å². The van der Waals surface area contributed by atoms with Crippen LogP contribution in [0.5, 0.6) is 0 Å².